The molecule has 0 spiro atoms. The topological polar surface area (TPSA) is 0 Å². The molecule has 0 radical (unpaired) electrons. The average molecular weight is 430 g/mol. The Balaban J connectivity index is 0. The maximum atomic E-state index is 3.49. The van der Waals surface area contributed by atoms with Crippen LogP contribution in [0.4, 0.5) is 0 Å². The van der Waals surface area contributed by atoms with Gasteiger partial charge in [0.05, 0.1) is 0 Å². The van der Waals surface area contributed by atoms with Gasteiger partial charge < -0.3 is 0 Å². The van der Waals surface area contributed by atoms with Crippen LogP contribution in [-0.4, -0.2) is 0 Å². The van der Waals surface area contributed by atoms with Gasteiger partial charge in [0.2, 0.25) is 0 Å². The minimum Gasteiger partial charge on any atom is -0.245 e. The zero-order valence-electron chi connectivity index (χ0n) is 11.1. The molecule has 0 aliphatic heterocycles. The van der Waals surface area contributed by atoms with Gasteiger partial charge in [-0.25, -0.2) is 19.1 Å². The molecular weight excluding hydrogens is 411 g/mol. The van der Waals surface area contributed by atoms with Crippen molar-refractivity contribution in [2.45, 2.75) is 6.92 Å². The molecule has 0 nitrogen and oxygen atoms in total. The van der Waals surface area contributed by atoms with Gasteiger partial charge in [0.1, 0.15) is 0 Å². The van der Waals surface area contributed by atoms with Gasteiger partial charge in [0.15, 0.2) is 0 Å². The van der Waals surface area contributed by atoms with Crippen molar-refractivity contribution in [2.24, 2.45) is 0 Å². The first kappa shape index (κ1) is 19.8. The summed E-state index contributed by atoms with van der Waals surface area (Å²) in [6.45, 7) is 5.46. The molecule has 0 unspecified atom stereocenters. The second kappa shape index (κ2) is 18.8. The standard InChI is InChI=1S/2C6H5.C6H9.Pt/c2*1-2-4-6-5-3-1;1-3-5-6-4-2;/h2*1-5H;3-6H,1H2,2H3;/q3*-1;. The van der Waals surface area contributed by atoms with Gasteiger partial charge in [-0.15, -0.1) is 12.2 Å². The van der Waals surface area contributed by atoms with Gasteiger partial charge in [-0.2, -0.15) is 72.8 Å². The van der Waals surface area contributed by atoms with Crippen LogP contribution in [0.25, 0.3) is 0 Å². The Morgan fingerprint density at radius 1 is 0.737 bits per heavy atom. The van der Waals surface area contributed by atoms with E-state index < -0.39 is 0 Å². The zero-order chi connectivity index (χ0) is 13.3. The normalized spacial score (nSPS) is 8.68. The molecule has 0 aliphatic rings. The first-order valence-corrected chi connectivity index (χ1v) is 5.81. The van der Waals surface area contributed by atoms with E-state index in [0.29, 0.717) is 0 Å². The summed E-state index contributed by atoms with van der Waals surface area (Å²) in [4.78, 5) is 0. The van der Waals surface area contributed by atoms with Gasteiger partial charge in [-0.05, 0) is 6.92 Å². The van der Waals surface area contributed by atoms with Crippen molar-refractivity contribution in [3.63, 3.8) is 0 Å². The van der Waals surface area contributed by atoms with Gasteiger partial charge in [0.25, 0.3) is 0 Å². The molecule has 104 valence electrons. The number of hydrogen-bond acceptors (Lipinski definition) is 0. The second-order valence-corrected chi connectivity index (χ2v) is 3.11. The Labute approximate surface area is 132 Å². The first-order chi connectivity index (χ1) is 8.91. The Morgan fingerprint density at radius 2 is 1.16 bits per heavy atom. The Hall–Kier alpha value is -1.52. The zero-order valence-corrected chi connectivity index (χ0v) is 13.4. The fraction of sp³-hybridized carbons (Fsp3) is 0.0556. The van der Waals surface area contributed by atoms with E-state index in [1.807, 2.05) is 85.8 Å². The van der Waals surface area contributed by atoms with E-state index in [2.05, 4.69) is 19.1 Å². The van der Waals surface area contributed by atoms with E-state index in [1.165, 1.54) is 0 Å². The van der Waals surface area contributed by atoms with Gasteiger partial charge in [0, 0.05) is 21.1 Å². The molecule has 2 rings (SSSR count). The van der Waals surface area contributed by atoms with E-state index >= 15 is 0 Å². The van der Waals surface area contributed by atoms with Crippen LogP contribution in [0.2, 0.25) is 0 Å². The quantitative estimate of drug-likeness (QED) is 0.445. The van der Waals surface area contributed by atoms with Crippen LogP contribution in [0.5, 0.6) is 0 Å². The monoisotopic (exact) mass is 430 g/mol. The molecule has 1 heteroatoms. The number of allylic oxidation sites excluding steroid dienone is 4. The maximum absolute atomic E-state index is 3.49. The number of benzene rings is 2. The van der Waals surface area contributed by atoms with Gasteiger partial charge in [-0.1, -0.05) is 0 Å². The molecule has 0 atom stereocenters. The van der Waals surface area contributed by atoms with E-state index in [1.54, 1.807) is 6.08 Å². The second-order valence-electron chi connectivity index (χ2n) is 3.11. The van der Waals surface area contributed by atoms with Crippen molar-refractivity contribution >= 4 is 0 Å². The Bertz CT molecular complexity index is 296. The molecule has 2 aromatic rings. The molecule has 0 fully saturated rings. The number of hydrogen-bond donors (Lipinski definition) is 0. The fourth-order valence-corrected chi connectivity index (χ4v) is 0.874. The first-order valence-electron chi connectivity index (χ1n) is 5.81. The van der Waals surface area contributed by atoms with Crippen LogP contribution >= 0.6 is 0 Å². The smallest absolute Gasteiger partial charge is 0 e. The molecule has 19 heavy (non-hydrogen) atoms. The van der Waals surface area contributed by atoms with Gasteiger partial charge in [-0.3, -0.25) is 0 Å². The van der Waals surface area contributed by atoms with E-state index in [-0.39, 0.29) is 21.1 Å². The van der Waals surface area contributed by atoms with E-state index in [9.17, 15) is 0 Å². The van der Waals surface area contributed by atoms with Crippen LogP contribution in [0.1, 0.15) is 6.92 Å². The van der Waals surface area contributed by atoms with Crippen LogP contribution in [0, 0.1) is 19.1 Å². The van der Waals surface area contributed by atoms with E-state index in [4.69, 9.17) is 0 Å². The maximum Gasteiger partial charge on any atom is 0 e. The van der Waals surface area contributed by atoms with Crippen molar-refractivity contribution in [3.05, 3.63) is 104 Å². The molecule has 0 saturated heterocycles. The summed E-state index contributed by atoms with van der Waals surface area (Å²) in [5, 5.41) is 0. The molecule has 0 aliphatic carbocycles. The summed E-state index contributed by atoms with van der Waals surface area (Å²) in [7, 11) is 0. The molecule has 0 amide bonds. The van der Waals surface area contributed by atoms with Crippen molar-refractivity contribution in [3.8, 4) is 0 Å². The summed E-state index contributed by atoms with van der Waals surface area (Å²) < 4.78 is 0. The summed E-state index contributed by atoms with van der Waals surface area (Å²) in [6.07, 6.45) is 7.54. The Morgan fingerprint density at radius 3 is 1.26 bits per heavy atom. The molecule has 2 aromatic carbocycles. The SMILES string of the molecule is [CH2-]C=CC=CC.[Pt].[c-]1ccccc1.[c-]1ccccc1. The molecular formula is C18H19Pt-3. The average Bonchev–Trinajstić information content (AvgIpc) is 2.50. The molecule has 0 aromatic heterocycles. The van der Waals surface area contributed by atoms with Crippen LogP contribution in [-0.2, 0) is 21.1 Å². The number of rotatable bonds is 1. The van der Waals surface area contributed by atoms with Crippen molar-refractivity contribution in [1.29, 1.82) is 0 Å². The van der Waals surface area contributed by atoms with Crippen molar-refractivity contribution < 1.29 is 21.1 Å². The van der Waals surface area contributed by atoms with Crippen molar-refractivity contribution in [1.82, 2.24) is 0 Å². The van der Waals surface area contributed by atoms with Crippen molar-refractivity contribution in [2.75, 3.05) is 0 Å². The van der Waals surface area contributed by atoms with Crippen LogP contribution < -0.4 is 0 Å². The van der Waals surface area contributed by atoms with Crippen LogP contribution in [0.3, 0.4) is 0 Å². The molecule has 0 saturated carbocycles. The molecule has 0 bridgehead atoms. The minimum atomic E-state index is 0. The largest absolute Gasteiger partial charge is 0.245 e. The Kier molecular flexibility index (Phi) is 19.6. The van der Waals surface area contributed by atoms with E-state index in [0.717, 1.165) is 0 Å². The predicted octanol–water partition coefficient (Wildman–Crippen LogP) is 4.92. The minimum absolute atomic E-state index is 0. The van der Waals surface area contributed by atoms with Crippen LogP contribution in [0.15, 0.2) is 85.0 Å². The third-order valence-electron chi connectivity index (χ3n) is 1.65. The third kappa shape index (κ3) is 19.0. The fourth-order valence-electron chi connectivity index (χ4n) is 0.874. The van der Waals surface area contributed by atoms with Gasteiger partial charge >= 0.3 is 0 Å². The molecule has 0 heterocycles. The summed E-state index contributed by atoms with van der Waals surface area (Å²) >= 11 is 0. The summed E-state index contributed by atoms with van der Waals surface area (Å²) in [6, 6.07) is 25.0. The summed E-state index contributed by atoms with van der Waals surface area (Å²) in [5.41, 5.74) is 0. The third-order valence-corrected chi connectivity index (χ3v) is 1.65. The summed E-state index contributed by atoms with van der Waals surface area (Å²) in [5.74, 6) is 0. The predicted molar refractivity (Wildman–Crippen MR) is 79.9 cm³/mol. The molecule has 0 N–H and O–H groups in total.